The van der Waals surface area contributed by atoms with Crippen molar-refractivity contribution < 1.29 is 18.6 Å². The molecule has 2 heterocycles. The van der Waals surface area contributed by atoms with Gasteiger partial charge >= 0.3 is 14.2 Å². The smallest absolute Gasteiger partial charge is 0.405 e. The quantitative estimate of drug-likeness (QED) is 0.530. The number of benzene rings is 3. The summed E-state index contributed by atoms with van der Waals surface area (Å²) in [4.78, 5) is 0. The summed E-state index contributed by atoms with van der Waals surface area (Å²) < 4.78 is 22.6. The van der Waals surface area contributed by atoms with Crippen molar-refractivity contribution in [2.45, 2.75) is 0 Å². The van der Waals surface area contributed by atoms with Gasteiger partial charge in [-0.05, 0) is 32.5 Å². The van der Waals surface area contributed by atoms with E-state index < -0.39 is 0 Å². The van der Waals surface area contributed by atoms with Crippen LogP contribution in [0.3, 0.4) is 0 Å². The fourth-order valence-electron chi connectivity index (χ4n) is 3.48. The maximum Gasteiger partial charge on any atom is 0.494 e. The van der Waals surface area contributed by atoms with Crippen molar-refractivity contribution in [3.63, 3.8) is 0 Å². The molecule has 2 saturated heterocycles. The van der Waals surface area contributed by atoms with E-state index in [1.165, 1.54) is 21.5 Å². The van der Waals surface area contributed by atoms with E-state index in [1.54, 1.807) is 0 Å². The Hall–Kier alpha value is -1.85. The van der Waals surface area contributed by atoms with Crippen LogP contribution < -0.4 is 10.9 Å². The van der Waals surface area contributed by atoms with E-state index in [1.807, 2.05) is 0 Å². The Morgan fingerprint density at radius 3 is 1.33 bits per heavy atom. The molecule has 2 aliphatic rings. The van der Waals surface area contributed by atoms with Gasteiger partial charge in [0.2, 0.25) is 0 Å². The van der Waals surface area contributed by atoms with Crippen molar-refractivity contribution in [3.05, 3.63) is 48.5 Å². The van der Waals surface area contributed by atoms with E-state index in [4.69, 9.17) is 18.6 Å². The third-order valence-corrected chi connectivity index (χ3v) is 4.68. The van der Waals surface area contributed by atoms with Gasteiger partial charge in [0.25, 0.3) is 0 Å². The van der Waals surface area contributed by atoms with E-state index in [-0.39, 0.29) is 14.2 Å². The van der Waals surface area contributed by atoms with Gasteiger partial charge in [-0.2, -0.15) is 0 Å². The second-order valence-electron chi connectivity index (χ2n) is 6.17. The van der Waals surface area contributed by atoms with E-state index in [2.05, 4.69) is 48.5 Å². The van der Waals surface area contributed by atoms with Crippen LogP contribution in [-0.2, 0) is 18.6 Å². The Kier molecular flexibility index (Phi) is 3.56. The zero-order valence-corrected chi connectivity index (χ0v) is 13.2. The highest BCUT2D eigenvalue weighted by Crippen LogP contribution is 2.24. The van der Waals surface area contributed by atoms with Gasteiger partial charge in [0.05, 0.1) is 26.4 Å². The van der Waals surface area contributed by atoms with Crippen molar-refractivity contribution in [1.29, 1.82) is 0 Å². The van der Waals surface area contributed by atoms with E-state index >= 15 is 0 Å². The van der Waals surface area contributed by atoms with Gasteiger partial charge < -0.3 is 18.6 Å². The van der Waals surface area contributed by atoms with Crippen LogP contribution in [0.15, 0.2) is 48.5 Å². The Labute approximate surface area is 140 Å². The molecule has 0 radical (unpaired) electrons. The molecule has 0 bridgehead atoms. The van der Waals surface area contributed by atoms with Crippen LogP contribution in [-0.4, -0.2) is 40.7 Å². The van der Waals surface area contributed by atoms with Crippen LogP contribution in [0.2, 0.25) is 0 Å². The third-order valence-electron chi connectivity index (χ3n) is 4.68. The minimum atomic E-state index is -0.255. The molecule has 5 rings (SSSR count). The lowest BCUT2D eigenvalue weighted by molar-refractivity contribution is 0.365. The first-order valence-corrected chi connectivity index (χ1v) is 8.31. The first-order chi connectivity index (χ1) is 11.9. The summed E-state index contributed by atoms with van der Waals surface area (Å²) in [6.07, 6.45) is 0. The molecule has 2 fully saturated rings. The van der Waals surface area contributed by atoms with Gasteiger partial charge in [-0.25, -0.2) is 0 Å². The predicted molar refractivity (Wildman–Crippen MR) is 96.0 cm³/mol. The maximum atomic E-state index is 5.64. The minimum absolute atomic E-state index is 0.255. The molecule has 0 N–H and O–H groups in total. The minimum Gasteiger partial charge on any atom is -0.405 e. The van der Waals surface area contributed by atoms with Gasteiger partial charge in [-0.15, -0.1) is 0 Å². The first kappa shape index (κ1) is 14.5. The van der Waals surface area contributed by atoms with Gasteiger partial charge in [0.15, 0.2) is 0 Å². The standard InChI is InChI=1S/C18H16B2O4/c1-2-14-4-6-16(20-23-9-10-24-20)12-18(14)17-11-15(5-3-13(1)17)19-21-7-8-22-19/h1-6,11-12H,7-10H2. The average molecular weight is 318 g/mol. The molecule has 0 spiro atoms. The molecular weight excluding hydrogens is 302 g/mol. The van der Waals surface area contributed by atoms with E-state index in [9.17, 15) is 0 Å². The molecule has 3 aromatic carbocycles. The van der Waals surface area contributed by atoms with Crippen molar-refractivity contribution in [2.24, 2.45) is 0 Å². The van der Waals surface area contributed by atoms with Crippen LogP contribution in [0.4, 0.5) is 0 Å². The number of rotatable bonds is 2. The largest absolute Gasteiger partial charge is 0.494 e. The summed E-state index contributed by atoms with van der Waals surface area (Å²) >= 11 is 0. The number of hydrogen-bond acceptors (Lipinski definition) is 4. The van der Waals surface area contributed by atoms with Crippen molar-refractivity contribution in [2.75, 3.05) is 26.4 Å². The Morgan fingerprint density at radius 1 is 0.542 bits per heavy atom. The van der Waals surface area contributed by atoms with Crippen molar-refractivity contribution in [3.8, 4) is 0 Å². The zero-order valence-electron chi connectivity index (χ0n) is 13.2. The van der Waals surface area contributed by atoms with Crippen LogP contribution in [0.5, 0.6) is 0 Å². The van der Waals surface area contributed by atoms with Gasteiger partial charge in [-0.3, -0.25) is 0 Å². The van der Waals surface area contributed by atoms with Crippen molar-refractivity contribution >= 4 is 46.7 Å². The topological polar surface area (TPSA) is 36.9 Å². The predicted octanol–water partition coefficient (Wildman–Crippen LogP) is 1.48. The Balaban J connectivity index is 1.67. The molecule has 0 aliphatic carbocycles. The van der Waals surface area contributed by atoms with Gasteiger partial charge in [0, 0.05) is 0 Å². The summed E-state index contributed by atoms with van der Waals surface area (Å²) in [6.45, 7) is 2.61. The van der Waals surface area contributed by atoms with E-state index in [0.29, 0.717) is 26.4 Å². The average Bonchev–Trinajstić information content (AvgIpc) is 3.34. The molecule has 3 aromatic rings. The molecule has 24 heavy (non-hydrogen) atoms. The highest BCUT2D eigenvalue weighted by atomic mass is 16.6. The molecule has 0 unspecified atom stereocenters. The molecular formula is C18H16B2O4. The molecule has 4 nitrogen and oxygen atoms in total. The fraction of sp³-hybridized carbons (Fsp3) is 0.222. The summed E-state index contributed by atoms with van der Waals surface area (Å²) in [6, 6.07) is 17.1. The molecule has 6 heteroatoms. The summed E-state index contributed by atoms with van der Waals surface area (Å²) in [5, 5.41) is 4.80. The highest BCUT2D eigenvalue weighted by Gasteiger charge is 2.27. The number of hydrogen-bond donors (Lipinski definition) is 0. The molecule has 0 amide bonds. The lowest BCUT2D eigenvalue weighted by Crippen LogP contribution is -2.32. The number of fused-ring (bicyclic) bond motifs is 3. The molecule has 0 atom stereocenters. The second kappa shape index (κ2) is 5.90. The SMILES string of the molecule is c1cc2ccc3ccc(B4OCCO4)cc3c2cc1B1OCCO1. The summed E-state index contributed by atoms with van der Waals surface area (Å²) in [7, 11) is -0.510. The van der Waals surface area contributed by atoms with Crippen LogP contribution in [0.1, 0.15) is 0 Å². The Morgan fingerprint density at radius 2 is 0.917 bits per heavy atom. The second-order valence-corrected chi connectivity index (χ2v) is 6.17. The molecule has 0 aromatic heterocycles. The third kappa shape index (κ3) is 2.43. The fourth-order valence-corrected chi connectivity index (χ4v) is 3.48. The highest BCUT2D eigenvalue weighted by molar-refractivity contribution is 6.62. The van der Waals surface area contributed by atoms with Crippen LogP contribution in [0, 0.1) is 0 Å². The zero-order chi connectivity index (χ0) is 15.9. The van der Waals surface area contributed by atoms with Crippen LogP contribution in [0.25, 0.3) is 21.5 Å². The lowest BCUT2D eigenvalue weighted by Gasteiger charge is -2.11. The van der Waals surface area contributed by atoms with Crippen LogP contribution >= 0.6 is 0 Å². The molecule has 0 saturated carbocycles. The Bertz CT molecular complexity index is 827. The van der Waals surface area contributed by atoms with Gasteiger partial charge in [-0.1, -0.05) is 48.5 Å². The first-order valence-electron chi connectivity index (χ1n) is 8.31. The summed E-state index contributed by atoms with van der Waals surface area (Å²) in [5.74, 6) is 0. The summed E-state index contributed by atoms with van der Waals surface area (Å²) in [5.41, 5.74) is 2.12. The van der Waals surface area contributed by atoms with E-state index in [0.717, 1.165) is 10.9 Å². The molecule has 2 aliphatic heterocycles. The molecule has 118 valence electrons. The van der Waals surface area contributed by atoms with Crippen molar-refractivity contribution in [1.82, 2.24) is 0 Å². The normalized spacial score (nSPS) is 18.2. The lowest BCUT2D eigenvalue weighted by atomic mass is 9.76. The maximum absolute atomic E-state index is 5.64. The van der Waals surface area contributed by atoms with Gasteiger partial charge in [0.1, 0.15) is 0 Å². The monoisotopic (exact) mass is 318 g/mol.